The van der Waals surface area contributed by atoms with E-state index in [1.165, 1.54) is 0 Å². The molecule has 1 heterocycles. The van der Waals surface area contributed by atoms with Gasteiger partial charge in [0.25, 0.3) is 5.91 Å². The molecule has 6 heteroatoms. The van der Waals surface area contributed by atoms with E-state index in [4.69, 9.17) is 17.3 Å². The maximum atomic E-state index is 12.1. The summed E-state index contributed by atoms with van der Waals surface area (Å²) >= 11 is 5.77. The van der Waals surface area contributed by atoms with Gasteiger partial charge in [0.15, 0.2) is 0 Å². The molecule has 104 valence electrons. The normalized spacial score (nSPS) is 10.2. The average molecular weight is 291 g/mol. The Hall–Kier alpha value is -2.27. The van der Waals surface area contributed by atoms with Crippen LogP contribution >= 0.6 is 11.6 Å². The molecular weight excluding hydrogens is 276 g/mol. The van der Waals surface area contributed by atoms with Crippen molar-refractivity contribution in [3.8, 4) is 0 Å². The maximum Gasteiger partial charge on any atom is 0.256 e. The first-order chi connectivity index (χ1) is 9.47. The minimum Gasteiger partial charge on any atom is -0.397 e. The van der Waals surface area contributed by atoms with Gasteiger partial charge in [-0.25, -0.2) is 4.98 Å². The molecule has 5 nitrogen and oxygen atoms in total. The van der Waals surface area contributed by atoms with Gasteiger partial charge in [0.05, 0.1) is 11.4 Å². The van der Waals surface area contributed by atoms with Gasteiger partial charge in [-0.2, -0.15) is 0 Å². The number of nitrogens with one attached hydrogen (secondary N) is 1. The zero-order chi connectivity index (χ0) is 14.7. The largest absolute Gasteiger partial charge is 0.397 e. The van der Waals surface area contributed by atoms with Gasteiger partial charge in [0, 0.05) is 19.7 Å². The molecule has 20 heavy (non-hydrogen) atoms. The van der Waals surface area contributed by atoms with Gasteiger partial charge in [-0.15, -0.1) is 0 Å². The molecule has 2 aromatic rings. The molecule has 3 N–H and O–H groups in total. The number of nitrogen functional groups attached to an aromatic ring is 1. The number of nitrogens with two attached hydrogens (primary N) is 1. The SMILES string of the molecule is CN(C)c1ccc(C(=O)Nc2cccc(Cl)n2)cc1N. The highest BCUT2D eigenvalue weighted by molar-refractivity contribution is 6.29. The van der Waals surface area contributed by atoms with Crippen LogP contribution in [0, 0.1) is 0 Å². The number of anilines is 3. The number of pyridine rings is 1. The van der Waals surface area contributed by atoms with Crippen LogP contribution in [0.4, 0.5) is 17.2 Å². The van der Waals surface area contributed by atoms with Crippen molar-refractivity contribution in [2.75, 3.05) is 30.0 Å². The van der Waals surface area contributed by atoms with Crippen molar-refractivity contribution in [1.29, 1.82) is 0 Å². The number of hydrogen-bond acceptors (Lipinski definition) is 4. The van der Waals surface area contributed by atoms with E-state index in [-0.39, 0.29) is 5.91 Å². The lowest BCUT2D eigenvalue weighted by Gasteiger charge is -2.15. The van der Waals surface area contributed by atoms with Crippen LogP contribution in [0.5, 0.6) is 0 Å². The lowest BCUT2D eigenvalue weighted by atomic mass is 10.1. The van der Waals surface area contributed by atoms with Crippen molar-refractivity contribution in [2.24, 2.45) is 0 Å². The third-order valence-corrected chi connectivity index (χ3v) is 2.94. The number of halogens is 1. The number of carbonyl (C=O) groups is 1. The zero-order valence-corrected chi connectivity index (χ0v) is 12.0. The Kier molecular flexibility index (Phi) is 4.10. The summed E-state index contributed by atoms with van der Waals surface area (Å²) in [5, 5.41) is 3.00. The van der Waals surface area contributed by atoms with Gasteiger partial charge in [-0.05, 0) is 30.3 Å². The number of nitrogens with zero attached hydrogens (tertiary/aromatic N) is 2. The summed E-state index contributed by atoms with van der Waals surface area (Å²) in [4.78, 5) is 18.0. The molecule has 1 aromatic heterocycles. The smallest absolute Gasteiger partial charge is 0.256 e. The molecule has 0 saturated heterocycles. The minimum atomic E-state index is -0.281. The first kappa shape index (κ1) is 14.1. The second-order valence-electron chi connectivity index (χ2n) is 4.47. The van der Waals surface area contributed by atoms with E-state index >= 15 is 0 Å². The Morgan fingerprint density at radius 3 is 2.65 bits per heavy atom. The zero-order valence-electron chi connectivity index (χ0n) is 11.2. The molecule has 0 atom stereocenters. The van der Waals surface area contributed by atoms with Crippen LogP contribution in [0.15, 0.2) is 36.4 Å². The third kappa shape index (κ3) is 3.19. The summed E-state index contributed by atoms with van der Waals surface area (Å²) in [5.41, 5.74) is 7.79. The highest BCUT2D eigenvalue weighted by Crippen LogP contribution is 2.22. The van der Waals surface area contributed by atoms with Crippen molar-refractivity contribution in [1.82, 2.24) is 4.98 Å². The van der Waals surface area contributed by atoms with Crippen molar-refractivity contribution in [2.45, 2.75) is 0 Å². The van der Waals surface area contributed by atoms with Gasteiger partial charge in [-0.1, -0.05) is 17.7 Å². The molecule has 0 aliphatic carbocycles. The first-order valence-corrected chi connectivity index (χ1v) is 6.36. The molecule has 0 unspecified atom stereocenters. The lowest BCUT2D eigenvalue weighted by Crippen LogP contribution is -2.15. The van der Waals surface area contributed by atoms with Crippen LogP contribution in [0.3, 0.4) is 0 Å². The predicted octanol–water partition coefficient (Wildman–Crippen LogP) is 2.64. The predicted molar refractivity (Wildman–Crippen MR) is 82.4 cm³/mol. The van der Waals surface area contributed by atoms with Crippen LogP contribution < -0.4 is 16.0 Å². The monoisotopic (exact) mass is 290 g/mol. The van der Waals surface area contributed by atoms with Gasteiger partial charge in [-0.3, -0.25) is 4.79 Å². The maximum absolute atomic E-state index is 12.1. The molecule has 0 bridgehead atoms. The summed E-state index contributed by atoms with van der Waals surface area (Å²) in [6.45, 7) is 0. The molecule has 1 amide bonds. The van der Waals surface area contributed by atoms with E-state index in [1.807, 2.05) is 19.0 Å². The van der Waals surface area contributed by atoms with E-state index in [0.29, 0.717) is 22.2 Å². The van der Waals surface area contributed by atoms with Gasteiger partial charge < -0.3 is 16.0 Å². The number of hydrogen-bond donors (Lipinski definition) is 2. The van der Waals surface area contributed by atoms with Crippen LogP contribution in [0.2, 0.25) is 5.15 Å². The Morgan fingerprint density at radius 2 is 2.05 bits per heavy atom. The molecule has 0 saturated carbocycles. The molecule has 0 radical (unpaired) electrons. The summed E-state index contributed by atoms with van der Waals surface area (Å²) in [5.74, 6) is 0.120. The Labute approximate surface area is 122 Å². The fourth-order valence-corrected chi connectivity index (χ4v) is 1.93. The van der Waals surface area contributed by atoms with Gasteiger partial charge >= 0.3 is 0 Å². The van der Waals surface area contributed by atoms with E-state index in [2.05, 4.69) is 10.3 Å². The van der Waals surface area contributed by atoms with Crippen LogP contribution in [0.25, 0.3) is 0 Å². The lowest BCUT2D eigenvalue weighted by molar-refractivity contribution is 0.102. The van der Waals surface area contributed by atoms with E-state index < -0.39 is 0 Å². The fraction of sp³-hybridized carbons (Fsp3) is 0.143. The topological polar surface area (TPSA) is 71.2 Å². The number of amides is 1. The van der Waals surface area contributed by atoms with E-state index in [1.54, 1.807) is 36.4 Å². The second-order valence-corrected chi connectivity index (χ2v) is 4.85. The van der Waals surface area contributed by atoms with Crippen molar-refractivity contribution in [3.05, 3.63) is 47.1 Å². The summed E-state index contributed by atoms with van der Waals surface area (Å²) in [6, 6.07) is 10.2. The average Bonchev–Trinajstić information content (AvgIpc) is 2.38. The van der Waals surface area contributed by atoms with E-state index in [9.17, 15) is 4.79 Å². The first-order valence-electron chi connectivity index (χ1n) is 5.98. The molecule has 0 aliphatic heterocycles. The van der Waals surface area contributed by atoms with Crippen molar-refractivity contribution >= 4 is 34.7 Å². The number of benzene rings is 1. The fourth-order valence-electron chi connectivity index (χ4n) is 1.77. The molecule has 1 aromatic carbocycles. The molecular formula is C14H15ClN4O. The second kappa shape index (κ2) is 5.79. The highest BCUT2D eigenvalue weighted by atomic mass is 35.5. The molecule has 2 rings (SSSR count). The van der Waals surface area contributed by atoms with Gasteiger partial charge in [0.1, 0.15) is 11.0 Å². The molecule has 0 aliphatic rings. The van der Waals surface area contributed by atoms with Crippen LogP contribution in [-0.4, -0.2) is 25.0 Å². The number of rotatable bonds is 3. The molecule has 0 spiro atoms. The summed E-state index contributed by atoms with van der Waals surface area (Å²) < 4.78 is 0. The number of aromatic nitrogens is 1. The Morgan fingerprint density at radius 1 is 1.30 bits per heavy atom. The van der Waals surface area contributed by atoms with Crippen molar-refractivity contribution in [3.63, 3.8) is 0 Å². The number of carbonyl (C=O) groups excluding carboxylic acids is 1. The third-order valence-electron chi connectivity index (χ3n) is 2.73. The van der Waals surface area contributed by atoms with Crippen LogP contribution in [-0.2, 0) is 0 Å². The Bertz CT molecular complexity index is 643. The quantitative estimate of drug-likeness (QED) is 0.673. The van der Waals surface area contributed by atoms with E-state index in [0.717, 1.165) is 5.69 Å². The minimum absolute atomic E-state index is 0.281. The van der Waals surface area contributed by atoms with Gasteiger partial charge in [0.2, 0.25) is 0 Å². The highest BCUT2D eigenvalue weighted by Gasteiger charge is 2.10. The van der Waals surface area contributed by atoms with Crippen molar-refractivity contribution < 1.29 is 4.79 Å². The molecule has 0 fully saturated rings. The summed E-state index contributed by atoms with van der Waals surface area (Å²) in [7, 11) is 3.78. The van der Waals surface area contributed by atoms with Crippen LogP contribution in [0.1, 0.15) is 10.4 Å². The summed E-state index contributed by atoms with van der Waals surface area (Å²) in [6.07, 6.45) is 0. The standard InChI is InChI=1S/C14H15ClN4O/c1-19(2)11-7-6-9(8-10(11)16)14(20)18-13-5-3-4-12(15)17-13/h3-8H,16H2,1-2H3,(H,17,18,20). The Balaban J connectivity index is 2.19.